The number of ketones is 1. The average molecular weight is 393 g/mol. The van der Waals surface area contributed by atoms with E-state index >= 15 is 0 Å². The van der Waals surface area contributed by atoms with Crippen LogP contribution in [0.2, 0.25) is 0 Å². The summed E-state index contributed by atoms with van der Waals surface area (Å²) < 4.78 is 0. The molecule has 2 heteroatoms. The Morgan fingerprint density at radius 3 is 1.86 bits per heavy atom. The number of aryl methyl sites for hydroxylation is 2. The van der Waals surface area contributed by atoms with Gasteiger partial charge in [-0.25, -0.2) is 0 Å². The van der Waals surface area contributed by atoms with E-state index < -0.39 is 0 Å². The summed E-state index contributed by atoms with van der Waals surface area (Å²) in [5.41, 5.74) is 7.30. The van der Waals surface area contributed by atoms with Gasteiger partial charge in [-0.15, -0.1) is 0 Å². The van der Waals surface area contributed by atoms with Gasteiger partial charge in [-0.05, 0) is 58.6 Å². The van der Waals surface area contributed by atoms with Gasteiger partial charge in [-0.2, -0.15) is 0 Å². The molecule has 0 radical (unpaired) electrons. The lowest BCUT2D eigenvalue weighted by Crippen LogP contribution is -2.18. The lowest BCUT2D eigenvalue weighted by atomic mass is 9.78. The fourth-order valence-electron chi connectivity index (χ4n) is 3.94. The molecule has 2 rings (SSSR count). The molecule has 2 nitrogen and oxygen atoms in total. The van der Waals surface area contributed by atoms with Crippen molar-refractivity contribution in [2.75, 3.05) is 0 Å². The summed E-state index contributed by atoms with van der Waals surface area (Å²) in [5.74, 6) is 0.382. The van der Waals surface area contributed by atoms with Crippen molar-refractivity contribution in [2.24, 2.45) is 0 Å². The van der Waals surface area contributed by atoms with E-state index in [1.807, 2.05) is 0 Å². The first-order valence-electron chi connectivity index (χ1n) is 10.3. The van der Waals surface area contributed by atoms with E-state index in [-0.39, 0.29) is 16.6 Å². The molecule has 0 amide bonds. The molecule has 29 heavy (non-hydrogen) atoms. The number of allylic oxidation sites excluding steroid dienone is 1. The number of carbonyl (C=O) groups is 1. The van der Waals surface area contributed by atoms with Gasteiger partial charge >= 0.3 is 0 Å². The smallest absolute Gasteiger partial charge is 0.159 e. The van der Waals surface area contributed by atoms with Crippen LogP contribution in [0.4, 0.5) is 0 Å². The van der Waals surface area contributed by atoms with Crippen LogP contribution in [0.25, 0.3) is 0 Å². The van der Waals surface area contributed by atoms with Gasteiger partial charge < -0.3 is 5.11 Å². The minimum Gasteiger partial charge on any atom is -0.507 e. The molecule has 0 bridgehead atoms. The molecule has 0 saturated heterocycles. The van der Waals surface area contributed by atoms with Gasteiger partial charge in [0.25, 0.3) is 0 Å². The zero-order valence-electron chi connectivity index (χ0n) is 19.4. The van der Waals surface area contributed by atoms with E-state index in [0.717, 1.165) is 27.8 Å². The molecule has 2 aromatic carbocycles. The highest BCUT2D eigenvalue weighted by molar-refractivity contribution is 5.91. The lowest BCUT2D eigenvalue weighted by Gasteiger charge is -2.27. The molecule has 0 aliphatic heterocycles. The largest absolute Gasteiger partial charge is 0.507 e. The SMILES string of the molecule is C=CC(=O)Cc1c(Cc2cc(C)cc(C(C)(C)C)c2O)cc(C)cc1C(C)(C)C. The van der Waals surface area contributed by atoms with Gasteiger partial charge in [0.1, 0.15) is 5.75 Å². The number of hydrogen-bond acceptors (Lipinski definition) is 2. The number of phenols is 1. The van der Waals surface area contributed by atoms with E-state index in [1.165, 1.54) is 17.2 Å². The quantitative estimate of drug-likeness (QED) is 0.590. The van der Waals surface area contributed by atoms with E-state index in [4.69, 9.17) is 0 Å². The maximum Gasteiger partial charge on any atom is 0.159 e. The van der Waals surface area contributed by atoms with E-state index in [1.54, 1.807) is 0 Å². The summed E-state index contributed by atoms with van der Waals surface area (Å²) >= 11 is 0. The number of aromatic hydroxyl groups is 1. The third-order valence-electron chi connectivity index (χ3n) is 5.40. The minimum atomic E-state index is -0.143. The highest BCUT2D eigenvalue weighted by atomic mass is 16.3. The maximum absolute atomic E-state index is 12.3. The van der Waals surface area contributed by atoms with Gasteiger partial charge in [0.2, 0.25) is 0 Å². The Bertz CT molecular complexity index is 934. The zero-order chi connectivity index (χ0) is 22.1. The molecule has 0 heterocycles. The van der Waals surface area contributed by atoms with Crippen molar-refractivity contribution in [1.82, 2.24) is 0 Å². The number of phenolic OH excluding ortho intramolecular Hbond substituents is 1. The van der Waals surface area contributed by atoms with Crippen molar-refractivity contribution >= 4 is 5.78 Å². The lowest BCUT2D eigenvalue weighted by molar-refractivity contribution is -0.114. The van der Waals surface area contributed by atoms with Crippen molar-refractivity contribution in [3.8, 4) is 5.75 Å². The number of carbonyl (C=O) groups excluding carboxylic acids is 1. The summed E-state index contributed by atoms with van der Waals surface area (Å²) in [6.07, 6.45) is 2.34. The predicted molar refractivity (Wildman–Crippen MR) is 123 cm³/mol. The third-order valence-corrected chi connectivity index (χ3v) is 5.40. The van der Waals surface area contributed by atoms with Crippen LogP contribution < -0.4 is 0 Å². The van der Waals surface area contributed by atoms with Crippen LogP contribution in [0.15, 0.2) is 36.9 Å². The highest BCUT2D eigenvalue weighted by Crippen LogP contribution is 2.37. The molecule has 0 saturated carbocycles. The molecule has 0 aliphatic carbocycles. The summed E-state index contributed by atoms with van der Waals surface area (Å²) in [4.78, 5) is 12.3. The monoisotopic (exact) mass is 392 g/mol. The average Bonchev–Trinajstić information content (AvgIpc) is 2.57. The molecule has 1 N–H and O–H groups in total. The molecule has 0 atom stereocenters. The minimum absolute atomic E-state index is 0.0180. The summed E-state index contributed by atoms with van der Waals surface area (Å²) in [7, 11) is 0. The van der Waals surface area contributed by atoms with Gasteiger partial charge in [-0.1, -0.05) is 83.5 Å². The molecule has 156 valence electrons. The number of benzene rings is 2. The Morgan fingerprint density at radius 2 is 1.38 bits per heavy atom. The number of rotatable bonds is 5. The first-order valence-corrected chi connectivity index (χ1v) is 10.3. The second-order valence-electron chi connectivity index (χ2n) is 10.3. The summed E-state index contributed by atoms with van der Waals surface area (Å²) in [5, 5.41) is 11.0. The van der Waals surface area contributed by atoms with Gasteiger partial charge in [0, 0.05) is 12.8 Å². The fraction of sp³-hybridized carbons (Fsp3) is 0.444. The van der Waals surface area contributed by atoms with E-state index in [2.05, 4.69) is 86.2 Å². The van der Waals surface area contributed by atoms with E-state index in [9.17, 15) is 9.90 Å². The zero-order valence-corrected chi connectivity index (χ0v) is 19.4. The number of hydrogen-bond donors (Lipinski definition) is 1. The Hall–Kier alpha value is -2.35. The van der Waals surface area contributed by atoms with Crippen LogP contribution in [0.5, 0.6) is 5.75 Å². The van der Waals surface area contributed by atoms with Crippen LogP contribution in [0.1, 0.15) is 80.5 Å². The highest BCUT2D eigenvalue weighted by Gasteiger charge is 2.24. The second-order valence-corrected chi connectivity index (χ2v) is 10.3. The van der Waals surface area contributed by atoms with Gasteiger partial charge in [0.15, 0.2) is 5.78 Å². The second kappa shape index (κ2) is 8.18. The standard InChI is InChI=1S/C27H36O2/c1-10-21(28)16-22-19(11-17(2)13-23(22)26(4,5)6)15-20-12-18(3)14-24(25(20)29)27(7,8)9/h10-14,29H,1,15-16H2,2-9H3. The predicted octanol–water partition coefficient (Wildman–Crippen LogP) is 6.49. The molecule has 0 spiro atoms. The van der Waals surface area contributed by atoms with Crippen molar-refractivity contribution in [3.05, 3.63) is 75.9 Å². The van der Waals surface area contributed by atoms with Gasteiger partial charge in [0.05, 0.1) is 0 Å². The molecule has 0 fully saturated rings. The first kappa shape index (κ1) is 22.9. The van der Waals surface area contributed by atoms with Crippen LogP contribution in [-0.2, 0) is 28.5 Å². The topological polar surface area (TPSA) is 37.3 Å². The molecular formula is C27H36O2. The summed E-state index contributed by atoms with van der Waals surface area (Å²) in [6.45, 7) is 20.7. The van der Waals surface area contributed by atoms with Crippen LogP contribution in [0.3, 0.4) is 0 Å². The van der Waals surface area contributed by atoms with Crippen LogP contribution >= 0.6 is 0 Å². The Kier molecular flexibility index (Phi) is 6.47. The van der Waals surface area contributed by atoms with Crippen LogP contribution in [0, 0.1) is 13.8 Å². The third kappa shape index (κ3) is 5.38. The van der Waals surface area contributed by atoms with Gasteiger partial charge in [-0.3, -0.25) is 4.79 Å². The molecule has 0 unspecified atom stereocenters. The van der Waals surface area contributed by atoms with Crippen LogP contribution in [-0.4, -0.2) is 10.9 Å². The Morgan fingerprint density at radius 1 is 0.897 bits per heavy atom. The van der Waals surface area contributed by atoms with Crippen molar-refractivity contribution in [3.63, 3.8) is 0 Å². The van der Waals surface area contributed by atoms with Crippen molar-refractivity contribution in [2.45, 2.75) is 79.1 Å². The summed E-state index contributed by atoms with van der Waals surface area (Å²) in [6, 6.07) is 8.46. The fourth-order valence-corrected chi connectivity index (χ4v) is 3.94. The molecular weight excluding hydrogens is 356 g/mol. The first-order chi connectivity index (χ1) is 13.2. The maximum atomic E-state index is 12.3. The molecule has 0 aromatic heterocycles. The normalized spacial score (nSPS) is 12.1. The van der Waals surface area contributed by atoms with Crippen molar-refractivity contribution < 1.29 is 9.90 Å². The van der Waals surface area contributed by atoms with E-state index in [0.29, 0.717) is 18.6 Å². The Labute approximate surface area is 176 Å². The van der Waals surface area contributed by atoms with Crippen molar-refractivity contribution in [1.29, 1.82) is 0 Å². The molecule has 0 aliphatic rings. The Balaban J connectivity index is 2.70. The molecule has 2 aromatic rings.